The predicted octanol–water partition coefficient (Wildman–Crippen LogP) is 2.40. The summed E-state index contributed by atoms with van der Waals surface area (Å²) in [6, 6.07) is 0.833. The summed E-state index contributed by atoms with van der Waals surface area (Å²) in [5.74, 6) is -0.0369. The zero-order valence-corrected chi connectivity index (χ0v) is 12.3. The molecule has 2 aliphatic heterocycles. The van der Waals surface area contributed by atoms with Crippen LogP contribution in [0.15, 0.2) is 0 Å². The molecule has 2 N–H and O–H groups in total. The van der Waals surface area contributed by atoms with Gasteiger partial charge in [0.25, 0.3) is 0 Å². The number of carboxylic acid groups (broad SMARTS) is 1. The van der Waals surface area contributed by atoms with Crippen LogP contribution in [-0.4, -0.2) is 45.3 Å². The Morgan fingerprint density at radius 1 is 1.05 bits per heavy atom. The zero-order chi connectivity index (χ0) is 14.2. The van der Waals surface area contributed by atoms with Gasteiger partial charge in [-0.05, 0) is 44.4 Å². The summed E-state index contributed by atoms with van der Waals surface area (Å²) in [5.41, 5.74) is -0.958. The summed E-state index contributed by atoms with van der Waals surface area (Å²) >= 11 is 0. The van der Waals surface area contributed by atoms with Crippen LogP contribution in [0.1, 0.15) is 64.2 Å². The number of hydrogen-bond donors (Lipinski definition) is 2. The molecule has 0 amide bonds. The van der Waals surface area contributed by atoms with Crippen LogP contribution in [0, 0.1) is 5.92 Å². The molecule has 3 aliphatic rings. The van der Waals surface area contributed by atoms with E-state index in [1.807, 2.05) is 0 Å². The zero-order valence-electron chi connectivity index (χ0n) is 12.3. The smallest absolute Gasteiger partial charge is 0.306 e. The van der Waals surface area contributed by atoms with Crippen molar-refractivity contribution in [1.29, 1.82) is 0 Å². The van der Waals surface area contributed by atoms with Crippen molar-refractivity contribution in [3.8, 4) is 0 Å². The first kappa shape index (κ1) is 14.3. The molecule has 2 saturated heterocycles. The number of carboxylic acids is 1. The first-order chi connectivity index (χ1) is 9.56. The molecule has 114 valence electrons. The maximum absolute atomic E-state index is 10.9. The molecule has 3 fully saturated rings. The largest absolute Gasteiger partial charge is 0.481 e. The van der Waals surface area contributed by atoms with Crippen LogP contribution in [0.25, 0.3) is 0 Å². The van der Waals surface area contributed by atoms with Crippen LogP contribution < -0.4 is 0 Å². The lowest BCUT2D eigenvalue weighted by molar-refractivity contribution is -0.146. The predicted molar refractivity (Wildman–Crippen MR) is 76.5 cm³/mol. The van der Waals surface area contributed by atoms with E-state index in [-0.39, 0.29) is 6.42 Å². The molecule has 2 atom stereocenters. The molecule has 0 aromatic carbocycles. The highest BCUT2D eigenvalue weighted by molar-refractivity contribution is 5.68. The normalized spacial score (nSPS) is 39.0. The average molecular weight is 281 g/mol. The minimum absolute atomic E-state index is 0.0860. The fourth-order valence-corrected chi connectivity index (χ4v) is 4.81. The third kappa shape index (κ3) is 3.01. The monoisotopic (exact) mass is 281 g/mol. The van der Waals surface area contributed by atoms with Crippen molar-refractivity contribution in [2.45, 2.75) is 81.9 Å². The highest BCUT2D eigenvalue weighted by Crippen LogP contribution is 2.43. The molecule has 2 unspecified atom stereocenters. The highest BCUT2D eigenvalue weighted by Gasteiger charge is 2.48. The Bertz CT molecular complexity index is 351. The summed E-state index contributed by atoms with van der Waals surface area (Å²) in [6.07, 6.45) is 10.3. The Hall–Kier alpha value is -0.610. The Morgan fingerprint density at radius 3 is 2.20 bits per heavy atom. The van der Waals surface area contributed by atoms with Crippen molar-refractivity contribution >= 4 is 5.97 Å². The van der Waals surface area contributed by atoms with Crippen molar-refractivity contribution < 1.29 is 15.0 Å². The fraction of sp³-hybridized carbons (Fsp3) is 0.938. The molecule has 0 aromatic rings. The molecule has 0 aromatic heterocycles. The van der Waals surface area contributed by atoms with E-state index in [1.165, 1.54) is 38.6 Å². The number of aliphatic hydroxyl groups is 1. The molecular weight excluding hydrogens is 254 g/mol. The van der Waals surface area contributed by atoms with Gasteiger partial charge in [-0.2, -0.15) is 0 Å². The Morgan fingerprint density at radius 2 is 1.65 bits per heavy atom. The van der Waals surface area contributed by atoms with E-state index < -0.39 is 11.6 Å². The average Bonchev–Trinajstić information content (AvgIpc) is 2.64. The van der Waals surface area contributed by atoms with E-state index in [1.54, 1.807) is 0 Å². The van der Waals surface area contributed by atoms with Gasteiger partial charge in [-0.3, -0.25) is 9.69 Å². The third-order valence-corrected chi connectivity index (χ3v) is 5.68. The number of hydrogen-bond acceptors (Lipinski definition) is 3. The van der Waals surface area contributed by atoms with Crippen LogP contribution >= 0.6 is 0 Å². The summed E-state index contributed by atoms with van der Waals surface area (Å²) < 4.78 is 0. The molecule has 4 nitrogen and oxygen atoms in total. The molecule has 0 spiro atoms. The Balaban J connectivity index is 1.61. The van der Waals surface area contributed by atoms with E-state index in [9.17, 15) is 9.90 Å². The summed E-state index contributed by atoms with van der Waals surface area (Å²) in [4.78, 5) is 13.5. The molecule has 2 heterocycles. The Labute approximate surface area is 121 Å². The molecule has 1 saturated carbocycles. The number of aliphatic carboxylic acids is 1. The van der Waals surface area contributed by atoms with E-state index in [2.05, 4.69) is 4.90 Å². The van der Waals surface area contributed by atoms with Gasteiger partial charge in [-0.25, -0.2) is 0 Å². The Kier molecular flexibility index (Phi) is 4.04. The molecule has 1 aliphatic carbocycles. The minimum atomic E-state index is -0.958. The molecule has 2 bridgehead atoms. The lowest BCUT2D eigenvalue weighted by atomic mass is 9.82. The van der Waals surface area contributed by atoms with Crippen molar-refractivity contribution in [3.05, 3.63) is 0 Å². The van der Waals surface area contributed by atoms with Crippen molar-refractivity contribution in [2.75, 3.05) is 6.54 Å². The third-order valence-electron chi connectivity index (χ3n) is 5.68. The molecule has 20 heavy (non-hydrogen) atoms. The van der Waals surface area contributed by atoms with Crippen LogP contribution in [-0.2, 0) is 4.79 Å². The van der Waals surface area contributed by atoms with Crippen molar-refractivity contribution in [2.24, 2.45) is 5.92 Å². The van der Waals surface area contributed by atoms with Gasteiger partial charge in [0.15, 0.2) is 0 Å². The second kappa shape index (κ2) is 5.64. The van der Waals surface area contributed by atoms with E-state index in [4.69, 9.17) is 5.11 Å². The molecular formula is C16H27NO3. The first-order valence-corrected chi connectivity index (χ1v) is 8.26. The van der Waals surface area contributed by atoms with Gasteiger partial charge in [-0.1, -0.05) is 19.3 Å². The van der Waals surface area contributed by atoms with Gasteiger partial charge in [0.2, 0.25) is 0 Å². The topological polar surface area (TPSA) is 60.8 Å². The SMILES string of the molecule is O=C(O)CC1(O)CC2CCC(C1)N2CC1CCCCC1. The van der Waals surface area contributed by atoms with Crippen LogP contribution in [0.5, 0.6) is 0 Å². The molecule has 4 heteroatoms. The van der Waals surface area contributed by atoms with Gasteiger partial charge < -0.3 is 10.2 Å². The van der Waals surface area contributed by atoms with Gasteiger partial charge >= 0.3 is 5.97 Å². The fourth-order valence-electron chi connectivity index (χ4n) is 4.81. The van der Waals surface area contributed by atoms with Gasteiger partial charge in [-0.15, -0.1) is 0 Å². The quantitative estimate of drug-likeness (QED) is 0.830. The first-order valence-electron chi connectivity index (χ1n) is 8.26. The van der Waals surface area contributed by atoms with E-state index >= 15 is 0 Å². The summed E-state index contributed by atoms with van der Waals surface area (Å²) in [7, 11) is 0. The van der Waals surface area contributed by atoms with Gasteiger partial charge in [0.1, 0.15) is 0 Å². The molecule has 3 rings (SSSR count). The summed E-state index contributed by atoms with van der Waals surface area (Å²) in [6.45, 7) is 1.18. The van der Waals surface area contributed by atoms with Crippen LogP contribution in [0.4, 0.5) is 0 Å². The number of fused-ring (bicyclic) bond motifs is 2. The highest BCUT2D eigenvalue weighted by atomic mass is 16.4. The number of rotatable bonds is 4. The van der Waals surface area contributed by atoms with Crippen LogP contribution in [0.2, 0.25) is 0 Å². The summed E-state index contributed by atoms with van der Waals surface area (Å²) in [5, 5.41) is 19.5. The van der Waals surface area contributed by atoms with Crippen molar-refractivity contribution in [1.82, 2.24) is 4.90 Å². The standard InChI is InChI=1S/C16H27NO3/c18-15(19)10-16(20)8-13-6-7-14(9-16)17(13)11-12-4-2-1-3-5-12/h12-14,20H,1-11H2,(H,18,19). The number of nitrogens with zero attached hydrogens (tertiary/aromatic N) is 1. The second-order valence-electron chi connectivity index (χ2n) is 7.29. The minimum Gasteiger partial charge on any atom is -0.481 e. The van der Waals surface area contributed by atoms with E-state index in [0.29, 0.717) is 24.9 Å². The van der Waals surface area contributed by atoms with E-state index in [0.717, 1.165) is 18.8 Å². The number of carbonyl (C=O) groups is 1. The lowest BCUT2D eigenvalue weighted by Crippen LogP contribution is -2.53. The maximum atomic E-state index is 10.9. The lowest BCUT2D eigenvalue weighted by Gasteiger charge is -2.44. The van der Waals surface area contributed by atoms with Gasteiger partial charge in [0.05, 0.1) is 12.0 Å². The van der Waals surface area contributed by atoms with Crippen LogP contribution in [0.3, 0.4) is 0 Å². The number of piperidine rings is 1. The van der Waals surface area contributed by atoms with Crippen molar-refractivity contribution in [3.63, 3.8) is 0 Å². The van der Waals surface area contributed by atoms with Gasteiger partial charge in [0, 0.05) is 18.6 Å². The maximum Gasteiger partial charge on any atom is 0.306 e. The second-order valence-corrected chi connectivity index (χ2v) is 7.29. The molecule has 0 radical (unpaired) electrons.